The van der Waals surface area contributed by atoms with Crippen LogP contribution in [0.5, 0.6) is 5.75 Å². The molecule has 0 atom stereocenters. The number of anilines is 1. The van der Waals surface area contributed by atoms with Gasteiger partial charge in [-0.25, -0.2) is 4.39 Å². The number of carbonyl (C=O) groups is 1. The molecule has 1 aromatic rings. The molecule has 6 heteroatoms. The number of likely N-dealkylation sites (tertiary alicyclic amines) is 1. The van der Waals surface area contributed by atoms with Crippen LogP contribution in [-0.4, -0.2) is 43.6 Å². The van der Waals surface area contributed by atoms with E-state index in [4.69, 9.17) is 10.5 Å². The lowest BCUT2D eigenvalue weighted by Crippen LogP contribution is -2.43. The van der Waals surface area contributed by atoms with Gasteiger partial charge in [0, 0.05) is 25.2 Å². The molecule has 1 aliphatic heterocycles. The first kappa shape index (κ1) is 14.7. The zero-order chi connectivity index (χ0) is 14.5. The first-order valence-electron chi connectivity index (χ1n) is 6.70. The van der Waals surface area contributed by atoms with Crippen LogP contribution in [0.4, 0.5) is 10.1 Å². The molecule has 1 fully saturated rings. The fourth-order valence-corrected chi connectivity index (χ4v) is 2.23. The number of nitrogens with zero attached hydrogens (tertiary/aromatic N) is 1. The Hall–Kier alpha value is -1.66. The molecule has 5 nitrogen and oxygen atoms in total. The van der Waals surface area contributed by atoms with E-state index in [-0.39, 0.29) is 24.2 Å². The Morgan fingerprint density at radius 3 is 2.85 bits per heavy atom. The topological polar surface area (TPSA) is 67.6 Å². The summed E-state index contributed by atoms with van der Waals surface area (Å²) in [7, 11) is 1.50. The zero-order valence-electron chi connectivity index (χ0n) is 11.6. The number of nitrogens with two attached hydrogens (primary N) is 1. The lowest BCUT2D eigenvalue weighted by molar-refractivity contribution is -0.117. The lowest BCUT2D eigenvalue weighted by Gasteiger charge is -2.29. The fraction of sp³-hybridized carbons (Fsp3) is 0.500. The molecule has 0 aromatic heterocycles. The van der Waals surface area contributed by atoms with Crippen molar-refractivity contribution in [3.8, 4) is 5.75 Å². The minimum Gasteiger partial charge on any atom is -0.497 e. The molecule has 0 unspecified atom stereocenters. The molecular weight excluding hydrogens is 261 g/mol. The number of piperidine rings is 1. The van der Waals surface area contributed by atoms with E-state index in [1.54, 1.807) is 0 Å². The number of methoxy groups -OCH3 is 1. The van der Waals surface area contributed by atoms with Gasteiger partial charge in [-0.3, -0.25) is 9.69 Å². The molecule has 0 bridgehead atoms. The molecule has 0 radical (unpaired) electrons. The van der Waals surface area contributed by atoms with E-state index in [0.29, 0.717) is 5.75 Å². The molecule has 1 aliphatic rings. The van der Waals surface area contributed by atoms with Crippen molar-refractivity contribution >= 4 is 11.6 Å². The maximum absolute atomic E-state index is 13.6. The normalized spacial score (nSPS) is 16.9. The summed E-state index contributed by atoms with van der Waals surface area (Å²) < 4.78 is 18.6. The predicted molar refractivity (Wildman–Crippen MR) is 75.2 cm³/mol. The molecule has 1 saturated heterocycles. The summed E-state index contributed by atoms with van der Waals surface area (Å²) in [6.07, 6.45) is 1.78. The number of hydrogen-bond acceptors (Lipinski definition) is 4. The Kier molecular flexibility index (Phi) is 4.92. The highest BCUT2D eigenvalue weighted by atomic mass is 19.1. The lowest BCUT2D eigenvalue weighted by atomic mass is 10.1. The molecule has 0 aliphatic carbocycles. The molecule has 110 valence electrons. The van der Waals surface area contributed by atoms with Crippen molar-refractivity contribution in [1.82, 2.24) is 4.90 Å². The molecule has 1 heterocycles. The highest BCUT2D eigenvalue weighted by Gasteiger charge is 2.18. The van der Waals surface area contributed by atoms with Crippen molar-refractivity contribution < 1.29 is 13.9 Å². The number of carbonyl (C=O) groups excluding carboxylic acids is 1. The molecule has 20 heavy (non-hydrogen) atoms. The van der Waals surface area contributed by atoms with Crippen molar-refractivity contribution in [2.24, 2.45) is 5.73 Å². The van der Waals surface area contributed by atoms with Crippen molar-refractivity contribution in [2.75, 3.05) is 32.1 Å². The van der Waals surface area contributed by atoms with E-state index < -0.39 is 5.82 Å². The number of benzene rings is 1. The molecule has 1 aromatic carbocycles. The second kappa shape index (κ2) is 6.67. The molecule has 1 amide bonds. The number of hydrogen-bond donors (Lipinski definition) is 2. The average molecular weight is 281 g/mol. The van der Waals surface area contributed by atoms with E-state index in [9.17, 15) is 9.18 Å². The van der Waals surface area contributed by atoms with Crippen LogP contribution in [0.15, 0.2) is 18.2 Å². The van der Waals surface area contributed by atoms with Gasteiger partial charge in [-0.05, 0) is 25.0 Å². The minimum atomic E-state index is -0.472. The largest absolute Gasteiger partial charge is 0.497 e. The Balaban J connectivity index is 1.91. The van der Waals surface area contributed by atoms with E-state index in [1.165, 1.54) is 25.3 Å². The average Bonchev–Trinajstić information content (AvgIpc) is 2.44. The molecular formula is C14H20FN3O2. The highest BCUT2D eigenvalue weighted by molar-refractivity contribution is 5.92. The first-order valence-corrected chi connectivity index (χ1v) is 6.70. The molecule has 2 rings (SSSR count). The van der Waals surface area contributed by atoms with Gasteiger partial charge in [0.05, 0.1) is 19.3 Å². The summed E-state index contributed by atoms with van der Waals surface area (Å²) in [5.74, 6) is -0.196. The van der Waals surface area contributed by atoms with Gasteiger partial charge in [-0.15, -0.1) is 0 Å². The van der Waals surface area contributed by atoms with Crippen LogP contribution in [0.25, 0.3) is 0 Å². The summed E-state index contributed by atoms with van der Waals surface area (Å²) >= 11 is 0. The minimum absolute atomic E-state index is 0.142. The third kappa shape index (κ3) is 3.91. The van der Waals surface area contributed by atoms with Gasteiger partial charge in [-0.2, -0.15) is 0 Å². The van der Waals surface area contributed by atoms with Crippen molar-refractivity contribution in [2.45, 2.75) is 18.9 Å². The van der Waals surface area contributed by atoms with Gasteiger partial charge in [0.1, 0.15) is 11.6 Å². The first-order chi connectivity index (χ1) is 9.58. The number of nitrogens with one attached hydrogen (secondary N) is 1. The van der Waals surface area contributed by atoms with Crippen molar-refractivity contribution in [3.05, 3.63) is 24.0 Å². The van der Waals surface area contributed by atoms with E-state index >= 15 is 0 Å². The molecule has 3 N–H and O–H groups in total. The van der Waals surface area contributed by atoms with E-state index in [0.717, 1.165) is 25.9 Å². The van der Waals surface area contributed by atoms with Crippen LogP contribution in [0.3, 0.4) is 0 Å². The number of halogens is 1. The number of rotatable bonds is 4. The van der Waals surface area contributed by atoms with Crippen LogP contribution in [0.1, 0.15) is 12.8 Å². The van der Waals surface area contributed by atoms with Crippen molar-refractivity contribution in [1.29, 1.82) is 0 Å². The van der Waals surface area contributed by atoms with Gasteiger partial charge in [-0.1, -0.05) is 0 Å². The van der Waals surface area contributed by atoms with Gasteiger partial charge < -0.3 is 15.8 Å². The summed E-state index contributed by atoms with van der Waals surface area (Å²) in [6.45, 7) is 1.85. The summed E-state index contributed by atoms with van der Waals surface area (Å²) in [5.41, 5.74) is 5.95. The van der Waals surface area contributed by atoms with Crippen molar-refractivity contribution in [3.63, 3.8) is 0 Å². The Morgan fingerprint density at radius 2 is 2.20 bits per heavy atom. The van der Waals surface area contributed by atoms with Gasteiger partial charge in [0.15, 0.2) is 0 Å². The van der Waals surface area contributed by atoms with Crippen LogP contribution in [-0.2, 0) is 4.79 Å². The Morgan fingerprint density at radius 1 is 1.50 bits per heavy atom. The monoisotopic (exact) mass is 281 g/mol. The summed E-state index contributed by atoms with van der Waals surface area (Å²) in [4.78, 5) is 13.9. The third-order valence-corrected chi connectivity index (χ3v) is 3.45. The second-order valence-electron chi connectivity index (χ2n) is 5.01. The van der Waals surface area contributed by atoms with Crippen LogP contribution < -0.4 is 15.8 Å². The Labute approximate surface area is 117 Å². The Bertz CT molecular complexity index is 473. The SMILES string of the molecule is COc1ccc(F)c(NC(=O)CN2CCC(N)CC2)c1. The summed E-state index contributed by atoms with van der Waals surface area (Å²) in [6, 6.07) is 4.48. The van der Waals surface area contributed by atoms with Gasteiger partial charge in [0.25, 0.3) is 0 Å². The van der Waals surface area contributed by atoms with E-state index in [2.05, 4.69) is 5.32 Å². The van der Waals surface area contributed by atoms with Gasteiger partial charge in [0.2, 0.25) is 5.91 Å². The smallest absolute Gasteiger partial charge is 0.238 e. The standard InChI is InChI=1S/C14H20FN3O2/c1-20-11-2-3-12(15)13(8-11)17-14(19)9-18-6-4-10(16)5-7-18/h2-3,8,10H,4-7,9,16H2,1H3,(H,17,19). The van der Waals surface area contributed by atoms with E-state index in [1.807, 2.05) is 4.90 Å². The quantitative estimate of drug-likeness (QED) is 0.870. The fourth-order valence-electron chi connectivity index (χ4n) is 2.23. The maximum atomic E-state index is 13.6. The zero-order valence-corrected chi connectivity index (χ0v) is 11.6. The number of ether oxygens (including phenoxy) is 1. The maximum Gasteiger partial charge on any atom is 0.238 e. The molecule has 0 saturated carbocycles. The predicted octanol–water partition coefficient (Wildman–Crippen LogP) is 1.20. The second-order valence-corrected chi connectivity index (χ2v) is 5.01. The van der Waals surface area contributed by atoms with Crippen LogP contribution in [0, 0.1) is 5.82 Å². The number of amides is 1. The van der Waals surface area contributed by atoms with Gasteiger partial charge >= 0.3 is 0 Å². The molecule has 0 spiro atoms. The third-order valence-electron chi connectivity index (χ3n) is 3.45. The van der Waals surface area contributed by atoms with Crippen LogP contribution >= 0.6 is 0 Å². The van der Waals surface area contributed by atoms with Crippen LogP contribution in [0.2, 0.25) is 0 Å². The highest BCUT2D eigenvalue weighted by Crippen LogP contribution is 2.21. The summed E-state index contributed by atoms with van der Waals surface area (Å²) in [5, 5.41) is 2.58.